The number of nitrogens with one attached hydrogen (secondary N) is 1. The van der Waals surface area contributed by atoms with Crippen molar-refractivity contribution in [3.8, 4) is 0 Å². The number of hydrogen-bond donors (Lipinski definition) is 1. The molecule has 5 heteroatoms. The van der Waals surface area contributed by atoms with Gasteiger partial charge < -0.3 is 14.6 Å². The highest BCUT2D eigenvalue weighted by molar-refractivity contribution is 5.97. The molecule has 26 heavy (non-hydrogen) atoms. The number of aryl methyl sites for hydroxylation is 2. The summed E-state index contributed by atoms with van der Waals surface area (Å²) in [5, 5.41) is 1.01. The van der Waals surface area contributed by atoms with Gasteiger partial charge >= 0.3 is 5.97 Å². The molecule has 140 valence electrons. The van der Waals surface area contributed by atoms with Gasteiger partial charge in [0.15, 0.2) is 6.10 Å². The summed E-state index contributed by atoms with van der Waals surface area (Å²) in [5.41, 5.74) is 3.68. The van der Waals surface area contributed by atoms with Crippen LogP contribution in [0.4, 0.5) is 0 Å². The van der Waals surface area contributed by atoms with E-state index in [4.69, 9.17) is 4.74 Å². The lowest BCUT2D eigenvalue weighted by Gasteiger charge is -2.32. The third-order valence-corrected chi connectivity index (χ3v) is 5.65. The minimum atomic E-state index is -0.779. The Morgan fingerprint density at radius 1 is 1.19 bits per heavy atom. The zero-order chi connectivity index (χ0) is 18.8. The van der Waals surface area contributed by atoms with E-state index in [1.165, 1.54) is 6.42 Å². The number of hydrogen-bond acceptors (Lipinski definition) is 3. The maximum atomic E-state index is 12.6. The minimum Gasteiger partial charge on any atom is -0.449 e. The third kappa shape index (κ3) is 3.62. The first-order valence-electron chi connectivity index (χ1n) is 9.45. The van der Waals surface area contributed by atoms with Crippen molar-refractivity contribution in [1.82, 2.24) is 9.88 Å². The molecule has 0 bridgehead atoms. The van der Waals surface area contributed by atoms with Gasteiger partial charge in [-0.3, -0.25) is 4.79 Å². The maximum absolute atomic E-state index is 12.6. The molecule has 0 spiro atoms. The van der Waals surface area contributed by atoms with Crippen LogP contribution < -0.4 is 0 Å². The Balaban J connectivity index is 1.68. The third-order valence-electron chi connectivity index (χ3n) is 5.65. The molecule has 1 atom stereocenters. The van der Waals surface area contributed by atoms with E-state index in [9.17, 15) is 9.59 Å². The van der Waals surface area contributed by atoms with Gasteiger partial charge in [0, 0.05) is 29.7 Å². The number of H-pyrrole nitrogens is 1. The van der Waals surface area contributed by atoms with Gasteiger partial charge in [-0.1, -0.05) is 19.3 Å². The van der Waals surface area contributed by atoms with Gasteiger partial charge in [0.2, 0.25) is 0 Å². The normalized spacial score (nSPS) is 16.5. The summed E-state index contributed by atoms with van der Waals surface area (Å²) in [5.74, 6) is -0.581. The number of nitrogens with zero attached hydrogens (tertiary/aromatic N) is 1. The van der Waals surface area contributed by atoms with E-state index < -0.39 is 12.1 Å². The molecule has 1 aliphatic carbocycles. The van der Waals surface area contributed by atoms with Gasteiger partial charge in [0.05, 0.1) is 5.56 Å². The Morgan fingerprint density at radius 3 is 2.58 bits per heavy atom. The fraction of sp³-hybridized carbons (Fsp3) is 0.524. The van der Waals surface area contributed by atoms with Crippen LogP contribution in [0.1, 0.15) is 60.6 Å². The number of benzene rings is 1. The number of likely N-dealkylation sites (N-methyl/N-ethyl adjacent to an activating group) is 1. The van der Waals surface area contributed by atoms with Crippen molar-refractivity contribution in [2.75, 3.05) is 7.05 Å². The van der Waals surface area contributed by atoms with Crippen LogP contribution in [0, 0.1) is 13.8 Å². The van der Waals surface area contributed by atoms with Crippen LogP contribution in [0.25, 0.3) is 10.9 Å². The number of carbonyl (C=O) groups excluding carboxylic acids is 2. The standard InChI is InChI=1S/C21H28N2O3/c1-13-14(2)22-19-11-10-16(12-18(13)19)21(25)26-15(3)20(24)23(4)17-8-6-5-7-9-17/h10-12,15,17,22H,5-9H2,1-4H3/t15-/m0/s1. The van der Waals surface area contributed by atoms with Gasteiger partial charge in [-0.05, 0) is 57.4 Å². The van der Waals surface area contributed by atoms with Crippen molar-refractivity contribution >= 4 is 22.8 Å². The highest BCUT2D eigenvalue weighted by Crippen LogP contribution is 2.24. The van der Waals surface area contributed by atoms with Crippen molar-refractivity contribution in [3.63, 3.8) is 0 Å². The van der Waals surface area contributed by atoms with Crippen molar-refractivity contribution in [1.29, 1.82) is 0 Å². The summed E-state index contributed by atoms with van der Waals surface area (Å²) in [6.45, 7) is 5.69. The molecule has 1 N–H and O–H groups in total. The van der Waals surface area contributed by atoms with Crippen molar-refractivity contribution < 1.29 is 14.3 Å². The predicted molar refractivity (Wildman–Crippen MR) is 102 cm³/mol. The van der Waals surface area contributed by atoms with Crippen LogP contribution in [0.5, 0.6) is 0 Å². The Hall–Kier alpha value is -2.30. The molecule has 3 rings (SSSR count). The summed E-state index contributed by atoms with van der Waals surface area (Å²) in [6, 6.07) is 5.71. The molecule has 0 saturated heterocycles. The number of aromatic nitrogens is 1. The first-order chi connectivity index (χ1) is 12.4. The summed E-state index contributed by atoms with van der Waals surface area (Å²) in [4.78, 5) is 30.2. The van der Waals surface area contributed by atoms with Crippen LogP contribution in [0.3, 0.4) is 0 Å². The van der Waals surface area contributed by atoms with Crippen molar-refractivity contribution in [2.24, 2.45) is 0 Å². The molecule has 1 fully saturated rings. The molecule has 1 amide bonds. The van der Waals surface area contributed by atoms with E-state index in [-0.39, 0.29) is 11.9 Å². The molecular formula is C21H28N2O3. The Kier molecular flexibility index (Phi) is 5.35. The lowest BCUT2D eigenvalue weighted by Crippen LogP contribution is -2.44. The zero-order valence-electron chi connectivity index (χ0n) is 16.1. The summed E-state index contributed by atoms with van der Waals surface area (Å²) in [6.07, 6.45) is 4.85. The number of esters is 1. The number of aromatic amines is 1. The zero-order valence-corrected chi connectivity index (χ0v) is 16.1. The quantitative estimate of drug-likeness (QED) is 0.838. The van der Waals surface area contributed by atoms with E-state index in [2.05, 4.69) is 4.98 Å². The molecule has 5 nitrogen and oxygen atoms in total. The summed E-state index contributed by atoms with van der Waals surface area (Å²) < 4.78 is 5.47. The van der Waals surface area contributed by atoms with E-state index in [0.29, 0.717) is 5.56 Å². The van der Waals surface area contributed by atoms with Crippen LogP contribution in [0.2, 0.25) is 0 Å². The molecule has 0 unspecified atom stereocenters. The largest absolute Gasteiger partial charge is 0.449 e. The summed E-state index contributed by atoms with van der Waals surface area (Å²) >= 11 is 0. The second kappa shape index (κ2) is 7.52. The lowest BCUT2D eigenvalue weighted by atomic mass is 9.94. The summed E-state index contributed by atoms with van der Waals surface area (Å²) in [7, 11) is 1.82. The topological polar surface area (TPSA) is 62.4 Å². The highest BCUT2D eigenvalue weighted by Gasteiger charge is 2.28. The van der Waals surface area contributed by atoms with Crippen molar-refractivity contribution in [2.45, 2.75) is 65.0 Å². The van der Waals surface area contributed by atoms with Crippen molar-refractivity contribution in [3.05, 3.63) is 35.0 Å². The van der Waals surface area contributed by atoms with E-state index >= 15 is 0 Å². The molecule has 0 aliphatic heterocycles. The Labute approximate surface area is 154 Å². The van der Waals surface area contributed by atoms with Crippen LogP contribution in [-0.2, 0) is 9.53 Å². The minimum absolute atomic E-state index is 0.125. The second-order valence-electron chi connectivity index (χ2n) is 7.42. The smallest absolute Gasteiger partial charge is 0.338 e. The van der Waals surface area contributed by atoms with Gasteiger partial charge in [-0.15, -0.1) is 0 Å². The first-order valence-corrected chi connectivity index (χ1v) is 9.45. The van der Waals surface area contributed by atoms with Gasteiger partial charge in [0.25, 0.3) is 5.91 Å². The molecular weight excluding hydrogens is 328 g/mol. The maximum Gasteiger partial charge on any atom is 0.338 e. The number of amides is 1. The number of ether oxygens (including phenoxy) is 1. The lowest BCUT2D eigenvalue weighted by molar-refractivity contribution is -0.141. The van der Waals surface area contributed by atoms with E-state index in [1.807, 2.05) is 33.0 Å². The van der Waals surface area contributed by atoms with E-state index in [1.54, 1.807) is 17.9 Å². The molecule has 1 aromatic carbocycles. The number of rotatable bonds is 4. The van der Waals surface area contributed by atoms with Gasteiger partial charge in [-0.25, -0.2) is 4.79 Å². The van der Waals surface area contributed by atoms with E-state index in [0.717, 1.165) is 47.8 Å². The fourth-order valence-corrected chi connectivity index (χ4v) is 3.80. The average molecular weight is 356 g/mol. The molecule has 1 heterocycles. The molecule has 1 aromatic heterocycles. The Bertz CT molecular complexity index is 818. The second-order valence-corrected chi connectivity index (χ2v) is 7.42. The SMILES string of the molecule is Cc1[nH]c2ccc(C(=O)O[C@@H](C)C(=O)N(C)C3CCCCC3)cc2c1C. The Morgan fingerprint density at radius 2 is 1.88 bits per heavy atom. The van der Waals surface area contributed by atoms with Gasteiger partial charge in [-0.2, -0.15) is 0 Å². The molecule has 2 aromatic rings. The van der Waals surface area contributed by atoms with Crippen LogP contribution in [0.15, 0.2) is 18.2 Å². The monoisotopic (exact) mass is 356 g/mol. The molecule has 0 radical (unpaired) electrons. The van der Waals surface area contributed by atoms with Gasteiger partial charge in [0.1, 0.15) is 0 Å². The number of carbonyl (C=O) groups is 2. The van der Waals surface area contributed by atoms with Crippen LogP contribution in [-0.4, -0.2) is 41.0 Å². The highest BCUT2D eigenvalue weighted by atomic mass is 16.5. The molecule has 1 saturated carbocycles. The predicted octanol–water partition coefficient (Wildman–Crippen LogP) is 4.12. The van der Waals surface area contributed by atoms with Crippen LogP contribution >= 0.6 is 0 Å². The average Bonchev–Trinajstić information content (AvgIpc) is 2.94. The molecule has 1 aliphatic rings. The fourth-order valence-electron chi connectivity index (χ4n) is 3.80. The number of fused-ring (bicyclic) bond motifs is 1. The first kappa shape index (κ1) is 18.5.